The number of nitrogens with zero attached hydrogens (tertiary/aromatic N) is 1. The molecule has 0 amide bonds. The Labute approximate surface area is 347 Å². The van der Waals surface area contributed by atoms with Crippen molar-refractivity contribution in [3.63, 3.8) is 0 Å². The van der Waals surface area contributed by atoms with Crippen molar-refractivity contribution in [2.24, 2.45) is 0 Å². The molecule has 2 aliphatic rings. The van der Waals surface area contributed by atoms with Gasteiger partial charge in [0, 0.05) is 22.1 Å². The second-order valence-corrected chi connectivity index (χ2v) is 17.2. The molecule has 1 heteroatoms. The molecule has 11 rings (SSSR count). The molecule has 9 aromatic rings. The lowest BCUT2D eigenvalue weighted by atomic mass is 9.81. The fourth-order valence-electron chi connectivity index (χ4n) is 10.5. The van der Waals surface area contributed by atoms with Crippen molar-refractivity contribution in [3.05, 3.63) is 222 Å². The molecule has 1 nitrogen and oxygen atoms in total. The highest BCUT2D eigenvalue weighted by Crippen LogP contribution is 2.57. The van der Waals surface area contributed by atoms with E-state index in [0.717, 1.165) is 11.4 Å². The van der Waals surface area contributed by atoms with Crippen LogP contribution in [-0.4, -0.2) is 0 Å². The zero-order valence-electron chi connectivity index (χ0n) is 34.0. The number of anilines is 3. The maximum absolute atomic E-state index is 2.54. The predicted molar refractivity (Wildman–Crippen MR) is 250 cm³/mol. The summed E-state index contributed by atoms with van der Waals surface area (Å²) in [4.78, 5) is 2.54. The minimum atomic E-state index is -0.205. The third-order valence-electron chi connectivity index (χ3n) is 13.3. The quantitative estimate of drug-likeness (QED) is 0.163. The first-order valence-corrected chi connectivity index (χ1v) is 20.9. The van der Waals surface area contributed by atoms with Gasteiger partial charge in [0.15, 0.2) is 0 Å². The predicted octanol–water partition coefficient (Wildman–Crippen LogP) is 15.9. The molecule has 0 unspecified atom stereocenters. The van der Waals surface area contributed by atoms with E-state index in [1.807, 2.05) is 0 Å². The van der Waals surface area contributed by atoms with Crippen LogP contribution in [0.2, 0.25) is 0 Å². The van der Waals surface area contributed by atoms with Crippen molar-refractivity contribution in [2.75, 3.05) is 4.90 Å². The van der Waals surface area contributed by atoms with Crippen molar-refractivity contribution in [2.45, 2.75) is 38.5 Å². The molecular weight excluding hydrogens is 711 g/mol. The third kappa shape index (κ3) is 5.31. The minimum absolute atomic E-state index is 0.0928. The molecule has 0 radical (unpaired) electrons. The monoisotopic (exact) mass is 755 g/mol. The molecule has 0 bridgehead atoms. The number of benzene rings is 9. The number of fused-ring (bicyclic) bond motifs is 7. The summed E-state index contributed by atoms with van der Waals surface area (Å²) in [5.74, 6) is 0. The maximum Gasteiger partial charge on any atom is 0.0540 e. The largest absolute Gasteiger partial charge is 0.310 e. The fraction of sp³-hybridized carbons (Fsp3) is 0.103. The van der Waals surface area contributed by atoms with Crippen LogP contribution < -0.4 is 4.90 Å². The molecule has 2 aliphatic carbocycles. The van der Waals surface area contributed by atoms with E-state index in [1.54, 1.807) is 0 Å². The molecule has 59 heavy (non-hydrogen) atoms. The van der Waals surface area contributed by atoms with Gasteiger partial charge >= 0.3 is 0 Å². The summed E-state index contributed by atoms with van der Waals surface area (Å²) in [6, 6.07) is 74.2. The lowest BCUT2D eigenvalue weighted by molar-refractivity contribution is 0.660. The van der Waals surface area contributed by atoms with Gasteiger partial charge in [-0.1, -0.05) is 204 Å². The third-order valence-corrected chi connectivity index (χ3v) is 13.3. The Bertz CT molecular complexity index is 3090. The van der Waals surface area contributed by atoms with Crippen LogP contribution in [0.5, 0.6) is 0 Å². The van der Waals surface area contributed by atoms with E-state index in [1.165, 1.54) is 94.3 Å². The van der Waals surface area contributed by atoms with E-state index >= 15 is 0 Å². The van der Waals surface area contributed by atoms with E-state index < -0.39 is 0 Å². The summed E-state index contributed by atoms with van der Waals surface area (Å²) in [5.41, 5.74) is 21.4. The summed E-state index contributed by atoms with van der Waals surface area (Å²) in [7, 11) is 0. The molecule has 0 heterocycles. The van der Waals surface area contributed by atoms with Gasteiger partial charge in [0.2, 0.25) is 0 Å². The molecule has 0 spiro atoms. The van der Waals surface area contributed by atoms with Gasteiger partial charge in [0.05, 0.1) is 11.4 Å². The highest BCUT2D eigenvalue weighted by molar-refractivity contribution is 6.07. The first-order chi connectivity index (χ1) is 28.8. The van der Waals surface area contributed by atoms with Gasteiger partial charge in [0.25, 0.3) is 0 Å². The topological polar surface area (TPSA) is 3.24 Å². The SMILES string of the molecule is CC1(C)c2ccccc2-c2c(-c3ccccc3N(c3ccc(-c4cccc5cccc(-c6ccccc6)c45)cc3)c3cccc4c3C(C)(C)c3ccccc3-4)cccc21. The molecule has 9 aromatic carbocycles. The molecule has 0 fully saturated rings. The van der Waals surface area contributed by atoms with Crippen molar-refractivity contribution in [1.82, 2.24) is 0 Å². The van der Waals surface area contributed by atoms with Gasteiger partial charge < -0.3 is 4.90 Å². The van der Waals surface area contributed by atoms with Gasteiger partial charge in [-0.25, -0.2) is 0 Å². The molecule has 0 atom stereocenters. The Hall–Kier alpha value is -6.96. The first-order valence-electron chi connectivity index (χ1n) is 20.9. The van der Waals surface area contributed by atoms with E-state index in [0.29, 0.717) is 0 Å². The molecular formula is C58H45N. The van der Waals surface area contributed by atoms with Crippen LogP contribution in [-0.2, 0) is 10.8 Å². The number of para-hydroxylation sites is 1. The number of rotatable bonds is 6. The van der Waals surface area contributed by atoms with Crippen molar-refractivity contribution >= 4 is 27.8 Å². The van der Waals surface area contributed by atoms with Crippen LogP contribution in [0.25, 0.3) is 66.4 Å². The van der Waals surface area contributed by atoms with Gasteiger partial charge in [-0.15, -0.1) is 0 Å². The Balaban J connectivity index is 1.14. The second kappa shape index (κ2) is 13.3. The highest BCUT2D eigenvalue weighted by Gasteiger charge is 2.40. The van der Waals surface area contributed by atoms with E-state index in [4.69, 9.17) is 0 Å². The van der Waals surface area contributed by atoms with E-state index in [-0.39, 0.29) is 10.8 Å². The summed E-state index contributed by atoms with van der Waals surface area (Å²) in [6.45, 7) is 9.52. The molecule has 0 saturated carbocycles. The van der Waals surface area contributed by atoms with E-state index in [2.05, 4.69) is 233 Å². The number of hydrogen-bond donors (Lipinski definition) is 0. The number of hydrogen-bond acceptors (Lipinski definition) is 1. The standard InChI is InChI=1S/C58H45N/c1-57(2)50-30-12-9-24-48(50)55-46(27-16-31-51(55)57)45-23-10-13-32-52(45)59(53-33-17-28-47-44-22-8-11-29-49(44)58(3,4)56(47)53)41-36-34-39(35-37-41)43-26-15-21-40-20-14-25-42(54(40)43)38-18-6-5-7-19-38/h5-37H,1-4H3. The molecule has 0 saturated heterocycles. The smallest absolute Gasteiger partial charge is 0.0540 e. The van der Waals surface area contributed by atoms with Crippen LogP contribution in [0.4, 0.5) is 17.1 Å². The zero-order chi connectivity index (χ0) is 39.9. The normalized spacial score (nSPS) is 14.0. The average molecular weight is 756 g/mol. The van der Waals surface area contributed by atoms with Crippen molar-refractivity contribution in [1.29, 1.82) is 0 Å². The zero-order valence-corrected chi connectivity index (χ0v) is 34.0. The Morgan fingerprint density at radius 2 is 0.814 bits per heavy atom. The van der Waals surface area contributed by atoms with Gasteiger partial charge in [-0.05, 0) is 107 Å². The lowest BCUT2D eigenvalue weighted by Gasteiger charge is -2.33. The van der Waals surface area contributed by atoms with Gasteiger partial charge in [0.1, 0.15) is 0 Å². The van der Waals surface area contributed by atoms with E-state index in [9.17, 15) is 0 Å². The fourth-order valence-corrected chi connectivity index (χ4v) is 10.5. The average Bonchev–Trinajstić information content (AvgIpc) is 3.67. The molecule has 282 valence electrons. The second-order valence-electron chi connectivity index (χ2n) is 17.2. The van der Waals surface area contributed by atoms with Crippen LogP contribution >= 0.6 is 0 Å². The van der Waals surface area contributed by atoms with Gasteiger partial charge in [-0.3, -0.25) is 0 Å². The minimum Gasteiger partial charge on any atom is -0.310 e. The summed E-state index contributed by atoms with van der Waals surface area (Å²) in [6.07, 6.45) is 0. The summed E-state index contributed by atoms with van der Waals surface area (Å²) >= 11 is 0. The van der Waals surface area contributed by atoms with Crippen molar-refractivity contribution < 1.29 is 0 Å². The molecule has 0 aliphatic heterocycles. The van der Waals surface area contributed by atoms with Crippen LogP contribution in [0.15, 0.2) is 200 Å². The van der Waals surface area contributed by atoms with Crippen LogP contribution in [0.3, 0.4) is 0 Å². The Morgan fingerprint density at radius 3 is 1.54 bits per heavy atom. The van der Waals surface area contributed by atoms with Crippen LogP contribution in [0.1, 0.15) is 49.9 Å². The van der Waals surface area contributed by atoms with Gasteiger partial charge in [-0.2, -0.15) is 0 Å². The first kappa shape index (κ1) is 35.2. The lowest BCUT2D eigenvalue weighted by Crippen LogP contribution is -2.21. The van der Waals surface area contributed by atoms with Crippen molar-refractivity contribution in [3.8, 4) is 55.6 Å². The Morgan fingerprint density at radius 1 is 0.322 bits per heavy atom. The van der Waals surface area contributed by atoms with Crippen LogP contribution in [0, 0.1) is 0 Å². The maximum atomic E-state index is 2.54. The molecule has 0 aromatic heterocycles. The highest BCUT2D eigenvalue weighted by atomic mass is 15.1. The molecule has 0 N–H and O–H groups in total. The summed E-state index contributed by atoms with van der Waals surface area (Å²) < 4.78 is 0. The summed E-state index contributed by atoms with van der Waals surface area (Å²) in [5, 5.41) is 2.52. The Kier molecular flexibility index (Phi) is 7.94.